The minimum Gasteiger partial charge on any atom is -0.330 e. The second kappa shape index (κ2) is 14.1. The molecular formula is C21H38N2O3S. The monoisotopic (exact) mass is 398 g/mol. The van der Waals surface area contributed by atoms with Gasteiger partial charge >= 0.3 is 0 Å². The highest BCUT2D eigenvalue weighted by atomic mass is 32.2. The predicted octanol–water partition coefficient (Wildman–Crippen LogP) is 4.66. The molecule has 27 heavy (non-hydrogen) atoms. The van der Waals surface area contributed by atoms with Crippen LogP contribution in [0.1, 0.15) is 89.2 Å². The molecule has 1 atom stereocenters. The molecule has 0 saturated carbocycles. The normalized spacial score (nSPS) is 13.0. The van der Waals surface area contributed by atoms with Gasteiger partial charge in [-0.25, -0.2) is 0 Å². The van der Waals surface area contributed by atoms with Gasteiger partial charge in [0.1, 0.15) is 0 Å². The molecule has 0 aliphatic heterocycles. The zero-order chi connectivity index (χ0) is 20.0. The second-order valence-electron chi connectivity index (χ2n) is 7.21. The van der Waals surface area contributed by atoms with Crippen molar-refractivity contribution in [2.75, 3.05) is 13.2 Å². The van der Waals surface area contributed by atoms with Gasteiger partial charge in [0.25, 0.3) is 10.1 Å². The Hall–Kier alpha value is -0.950. The van der Waals surface area contributed by atoms with E-state index in [2.05, 4.69) is 6.92 Å². The van der Waals surface area contributed by atoms with Crippen LogP contribution in [0.15, 0.2) is 29.2 Å². The molecule has 0 saturated heterocycles. The van der Waals surface area contributed by atoms with Gasteiger partial charge in [0, 0.05) is 6.04 Å². The van der Waals surface area contributed by atoms with E-state index in [1.807, 2.05) is 6.07 Å². The molecule has 1 aromatic rings. The Morgan fingerprint density at radius 1 is 0.963 bits per heavy atom. The Kier molecular flexibility index (Phi) is 12.6. The smallest absolute Gasteiger partial charge is 0.296 e. The summed E-state index contributed by atoms with van der Waals surface area (Å²) in [4.78, 5) is 0.166. The summed E-state index contributed by atoms with van der Waals surface area (Å²) >= 11 is 0. The van der Waals surface area contributed by atoms with E-state index in [0.717, 1.165) is 24.8 Å². The molecule has 1 unspecified atom stereocenters. The minimum atomic E-state index is -3.73. The molecule has 6 heteroatoms. The third kappa shape index (κ3) is 10.2. The molecule has 0 spiro atoms. The maximum atomic E-state index is 12.3. The largest absolute Gasteiger partial charge is 0.330 e. The van der Waals surface area contributed by atoms with Gasteiger partial charge in [-0.15, -0.1) is 0 Å². The van der Waals surface area contributed by atoms with E-state index in [4.69, 9.17) is 15.7 Å². The second-order valence-corrected chi connectivity index (χ2v) is 8.83. The van der Waals surface area contributed by atoms with Crippen LogP contribution in [0.5, 0.6) is 0 Å². The minimum absolute atomic E-state index is 0.166. The van der Waals surface area contributed by atoms with Crippen LogP contribution in [-0.4, -0.2) is 21.6 Å². The van der Waals surface area contributed by atoms with Crippen LogP contribution < -0.4 is 11.5 Å². The molecule has 0 aromatic heterocycles. The van der Waals surface area contributed by atoms with Gasteiger partial charge in [-0.2, -0.15) is 8.42 Å². The van der Waals surface area contributed by atoms with Crippen molar-refractivity contribution in [2.24, 2.45) is 11.5 Å². The number of benzene rings is 1. The van der Waals surface area contributed by atoms with Crippen molar-refractivity contribution in [1.29, 1.82) is 0 Å². The molecule has 0 amide bonds. The van der Waals surface area contributed by atoms with Crippen molar-refractivity contribution >= 4 is 10.1 Å². The molecule has 0 heterocycles. The van der Waals surface area contributed by atoms with Crippen molar-refractivity contribution in [3.8, 4) is 0 Å². The first-order valence-corrected chi connectivity index (χ1v) is 11.9. The lowest BCUT2D eigenvalue weighted by molar-refractivity contribution is 0.306. The molecule has 1 rings (SSSR count). The van der Waals surface area contributed by atoms with Crippen molar-refractivity contribution in [2.45, 2.75) is 88.5 Å². The summed E-state index contributed by atoms with van der Waals surface area (Å²) in [5, 5.41) is 0. The van der Waals surface area contributed by atoms with Crippen molar-refractivity contribution in [1.82, 2.24) is 0 Å². The topological polar surface area (TPSA) is 95.4 Å². The average molecular weight is 399 g/mol. The summed E-state index contributed by atoms with van der Waals surface area (Å²) in [6.07, 6.45) is 12.6. The van der Waals surface area contributed by atoms with Gasteiger partial charge < -0.3 is 11.5 Å². The van der Waals surface area contributed by atoms with Gasteiger partial charge in [0.15, 0.2) is 0 Å². The van der Waals surface area contributed by atoms with Gasteiger partial charge in [0.2, 0.25) is 0 Å². The lowest BCUT2D eigenvalue weighted by Crippen LogP contribution is -2.16. The average Bonchev–Trinajstić information content (AvgIpc) is 2.66. The van der Waals surface area contributed by atoms with Gasteiger partial charge in [0.05, 0.1) is 11.5 Å². The summed E-state index contributed by atoms with van der Waals surface area (Å²) in [6, 6.07) is 6.40. The van der Waals surface area contributed by atoms with Gasteiger partial charge in [-0.1, -0.05) is 76.8 Å². The van der Waals surface area contributed by atoms with E-state index in [1.54, 1.807) is 18.2 Å². The van der Waals surface area contributed by atoms with E-state index in [0.29, 0.717) is 13.0 Å². The highest BCUT2D eigenvalue weighted by Crippen LogP contribution is 2.20. The first-order valence-electron chi connectivity index (χ1n) is 10.5. The lowest BCUT2D eigenvalue weighted by Gasteiger charge is -2.12. The van der Waals surface area contributed by atoms with E-state index in [-0.39, 0.29) is 17.5 Å². The van der Waals surface area contributed by atoms with Crippen molar-refractivity contribution < 1.29 is 12.6 Å². The lowest BCUT2D eigenvalue weighted by atomic mass is 10.1. The zero-order valence-corrected chi connectivity index (χ0v) is 17.7. The Labute approximate surface area is 166 Å². The first-order chi connectivity index (χ1) is 13.0. The molecule has 0 bridgehead atoms. The molecule has 0 aliphatic rings. The maximum Gasteiger partial charge on any atom is 0.296 e. The van der Waals surface area contributed by atoms with Crippen LogP contribution in [0.4, 0.5) is 0 Å². The molecule has 4 N–H and O–H groups in total. The molecule has 0 fully saturated rings. The van der Waals surface area contributed by atoms with E-state index < -0.39 is 10.1 Å². The van der Waals surface area contributed by atoms with Crippen molar-refractivity contribution in [3.63, 3.8) is 0 Å². The fourth-order valence-corrected chi connectivity index (χ4v) is 4.07. The number of rotatable bonds is 16. The van der Waals surface area contributed by atoms with E-state index in [9.17, 15) is 8.42 Å². The molecule has 1 aromatic carbocycles. The summed E-state index contributed by atoms with van der Waals surface area (Å²) in [5.74, 6) is 0. The van der Waals surface area contributed by atoms with Gasteiger partial charge in [-0.05, 0) is 37.1 Å². The van der Waals surface area contributed by atoms with Gasteiger partial charge in [-0.3, -0.25) is 4.18 Å². The maximum absolute atomic E-state index is 12.3. The quantitative estimate of drug-likeness (QED) is 0.312. The van der Waals surface area contributed by atoms with E-state index >= 15 is 0 Å². The summed E-state index contributed by atoms with van der Waals surface area (Å²) in [7, 11) is -3.73. The van der Waals surface area contributed by atoms with Crippen LogP contribution in [0, 0.1) is 0 Å². The molecule has 0 radical (unpaired) electrons. The SMILES string of the molecule is CCCCCCCCCCCCOS(=O)(=O)c1cccc(C(N)CCN)c1. The van der Waals surface area contributed by atoms with Crippen LogP contribution in [0.2, 0.25) is 0 Å². The fourth-order valence-electron chi connectivity index (χ4n) is 3.07. The first kappa shape index (κ1) is 24.1. The van der Waals surface area contributed by atoms with E-state index in [1.165, 1.54) is 44.9 Å². The zero-order valence-electron chi connectivity index (χ0n) is 16.9. The summed E-state index contributed by atoms with van der Waals surface area (Å²) < 4.78 is 29.9. The molecule has 0 aliphatic carbocycles. The molecule has 5 nitrogen and oxygen atoms in total. The Balaban J connectivity index is 2.25. The number of hydrogen-bond donors (Lipinski definition) is 2. The third-order valence-electron chi connectivity index (χ3n) is 4.79. The Bertz CT molecular complexity index is 605. The van der Waals surface area contributed by atoms with Crippen LogP contribution in [-0.2, 0) is 14.3 Å². The fraction of sp³-hybridized carbons (Fsp3) is 0.714. The summed E-state index contributed by atoms with van der Waals surface area (Å²) in [5.41, 5.74) is 12.3. The van der Waals surface area contributed by atoms with Crippen LogP contribution >= 0.6 is 0 Å². The highest BCUT2D eigenvalue weighted by Gasteiger charge is 2.16. The molecular weight excluding hydrogens is 360 g/mol. The highest BCUT2D eigenvalue weighted by molar-refractivity contribution is 7.86. The Morgan fingerprint density at radius 2 is 1.56 bits per heavy atom. The summed E-state index contributed by atoms with van der Waals surface area (Å²) in [6.45, 7) is 2.93. The Morgan fingerprint density at radius 3 is 2.15 bits per heavy atom. The predicted molar refractivity (Wildman–Crippen MR) is 112 cm³/mol. The van der Waals surface area contributed by atoms with Crippen molar-refractivity contribution in [3.05, 3.63) is 29.8 Å². The number of unbranched alkanes of at least 4 members (excludes halogenated alkanes) is 9. The van der Waals surface area contributed by atoms with Crippen LogP contribution in [0.25, 0.3) is 0 Å². The number of hydrogen-bond acceptors (Lipinski definition) is 5. The number of nitrogens with two attached hydrogens (primary N) is 2. The third-order valence-corrected chi connectivity index (χ3v) is 6.10. The van der Waals surface area contributed by atoms with Crippen LogP contribution in [0.3, 0.4) is 0 Å². The molecule has 156 valence electrons. The standard InChI is InChI=1S/C21H38N2O3S/c1-2-3-4-5-6-7-8-9-10-11-17-26-27(24,25)20-14-12-13-19(18-20)21(23)15-16-22/h12-14,18,21H,2-11,15-17,22-23H2,1H3.